The fourth-order valence-electron chi connectivity index (χ4n) is 4.33. The van der Waals surface area contributed by atoms with E-state index in [0.717, 1.165) is 24.2 Å². The van der Waals surface area contributed by atoms with E-state index in [1.54, 1.807) is 0 Å². The van der Waals surface area contributed by atoms with Crippen molar-refractivity contribution in [1.82, 2.24) is 14.7 Å². The highest BCUT2D eigenvalue weighted by atomic mass is 32.2. The van der Waals surface area contributed by atoms with Crippen LogP contribution < -0.4 is 0 Å². The first kappa shape index (κ1) is 16.4. The predicted molar refractivity (Wildman–Crippen MR) is 101 cm³/mol. The first-order valence-corrected chi connectivity index (χ1v) is 10.5. The number of nitrogens with zero attached hydrogens (tertiary/aromatic N) is 3. The molecule has 2 fully saturated rings. The van der Waals surface area contributed by atoms with Crippen molar-refractivity contribution < 1.29 is 9.53 Å². The van der Waals surface area contributed by atoms with Gasteiger partial charge in [-0.1, -0.05) is 31.0 Å². The maximum Gasteiger partial charge on any atom is 0.274 e. The van der Waals surface area contributed by atoms with Crippen LogP contribution in [0.4, 0.5) is 0 Å². The van der Waals surface area contributed by atoms with Crippen LogP contribution in [0, 0.1) is 0 Å². The van der Waals surface area contributed by atoms with Gasteiger partial charge >= 0.3 is 0 Å². The van der Waals surface area contributed by atoms with E-state index in [4.69, 9.17) is 9.84 Å². The van der Waals surface area contributed by atoms with Crippen LogP contribution in [-0.2, 0) is 10.5 Å². The smallest absolute Gasteiger partial charge is 0.274 e. The minimum absolute atomic E-state index is 0.0706. The maximum atomic E-state index is 13.2. The van der Waals surface area contributed by atoms with Gasteiger partial charge in [-0.3, -0.25) is 9.48 Å². The Morgan fingerprint density at radius 1 is 1.15 bits per heavy atom. The van der Waals surface area contributed by atoms with Crippen LogP contribution in [0.5, 0.6) is 0 Å². The molecule has 0 unspecified atom stereocenters. The third-order valence-corrected chi connectivity index (χ3v) is 6.79. The Bertz CT molecular complexity index is 836. The van der Waals surface area contributed by atoms with Crippen LogP contribution in [0.3, 0.4) is 0 Å². The molecule has 1 saturated carbocycles. The quantitative estimate of drug-likeness (QED) is 0.809. The van der Waals surface area contributed by atoms with Crippen LogP contribution in [-0.4, -0.2) is 46.9 Å². The van der Waals surface area contributed by atoms with Gasteiger partial charge in [-0.15, -0.1) is 11.8 Å². The van der Waals surface area contributed by atoms with Gasteiger partial charge in [0.05, 0.1) is 24.9 Å². The molecule has 6 heteroatoms. The highest BCUT2D eigenvalue weighted by Crippen LogP contribution is 2.45. The van der Waals surface area contributed by atoms with Gasteiger partial charge in [-0.25, -0.2) is 0 Å². The molecule has 1 aliphatic carbocycles. The van der Waals surface area contributed by atoms with Crippen molar-refractivity contribution in [3.05, 3.63) is 35.5 Å². The van der Waals surface area contributed by atoms with Gasteiger partial charge in [0.2, 0.25) is 0 Å². The molecule has 136 valence electrons. The summed E-state index contributed by atoms with van der Waals surface area (Å²) >= 11 is 1.82. The number of aromatic nitrogens is 2. The van der Waals surface area contributed by atoms with E-state index in [2.05, 4.69) is 28.9 Å². The molecule has 0 N–H and O–H groups in total. The number of carbonyl (C=O) groups excluding carboxylic acids is 1. The van der Waals surface area contributed by atoms with E-state index >= 15 is 0 Å². The van der Waals surface area contributed by atoms with Crippen LogP contribution in [0.25, 0.3) is 11.3 Å². The molecule has 3 aliphatic rings. The molecule has 2 aromatic rings. The van der Waals surface area contributed by atoms with Gasteiger partial charge in [0.1, 0.15) is 0 Å². The van der Waals surface area contributed by atoms with Crippen molar-refractivity contribution in [2.24, 2.45) is 0 Å². The van der Waals surface area contributed by atoms with Crippen LogP contribution >= 0.6 is 11.8 Å². The molecule has 5 nitrogen and oxygen atoms in total. The second kappa shape index (κ2) is 6.74. The lowest BCUT2D eigenvalue weighted by molar-refractivity contribution is 0.0297. The van der Waals surface area contributed by atoms with Gasteiger partial charge in [0.15, 0.2) is 5.69 Å². The van der Waals surface area contributed by atoms with Gasteiger partial charge in [-0.2, -0.15) is 5.10 Å². The number of carbonyl (C=O) groups is 1. The molecule has 1 amide bonds. The van der Waals surface area contributed by atoms with Crippen molar-refractivity contribution in [1.29, 1.82) is 0 Å². The summed E-state index contributed by atoms with van der Waals surface area (Å²) in [4.78, 5) is 16.4. The number of hydrogen-bond acceptors (Lipinski definition) is 4. The molecule has 0 bridgehead atoms. The summed E-state index contributed by atoms with van der Waals surface area (Å²) in [5.41, 5.74) is 4.20. The van der Waals surface area contributed by atoms with Gasteiger partial charge in [0, 0.05) is 34.9 Å². The number of hydrogen-bond donors (Lipinski definition) is 0. The molecule has 3 heterocycles. The average Bonchev–Trinajstić information content (AvgIpc) is 3.36. The highest BCUT2D eigenvalue weighted by Gasteiger charge is 2.33. The number of morpholine rings is 1. The predicted octanol–water partition coefficient (Wildman–Crippen LogP) is 3.74. The van der Waals surface area contributed by atoms with E-state index in [0.29, 0.717) is 38.0 Å². The molecular formula is C20H23N3O2S. The third-order valence-electron chi connectivity index (χ3n) is 5.69. The van der Waals surface area contributed by atoms with Crippen LogP contribution in [0.1, 0.15) is 47.8 Å². The molecule has 1 aromatic carbocycles. The topological polar surface area (TPSA) is 47.4 Å². The van der Waals surface area contributed by atoms with E-state index < -0.39 is 0 Å². The summed E-state index contributed by atoms with van der Waals surface area (Å²) in [6.07, 6.45) is 4.83. The second-order valence-corrected chi connectivity index (χ2v) is 8.27. The Morgan fingerprint density at radius 3 is 2.73 bits per heavy atom. The van der Waals surface area contributed by atoms with Crippen LogP contribution in [0.2, 0.25) is 0 Å². The van der Waals surface area contributed by atoms with E-state index in [1.807, 2.05) is 16.7 Å². The molecular weight excluding hydrogens is 346 g/mol. The molecule has 1 saturated heterocycles. The Morgan fingerprint density at radius 2 is 1.92 bits per heavy atom. The van der Waals surface area contributed by atoms with Gasteiger partial charge in [-0.05, 0) is 18.9 Å². The van der Waals surface area contributed by atoms with Gasteiger partial charge in [0.25, 0.3) is 5.91 Å². The Labute approximate surface area is 157 Å². The van der Waals surface area contributed by atoms with Gasteiger partial charge < -0.3 is 9.64 Å². The standard InChI is InChI=1S/C20H23N3O2S/c24-20(22-9-11-25-12-10-22)18-16-13-26-17-8-4-3-7-15(17)19(16)23(21-18)14-5-1-2-6-14/h3-4,7-8,14H,1-2,5-6,9-13H2. The highest BCUT2D eigenvalue weighted by molar-refractivity contribution is 7.98. The second-order valence-electron chi connectivity index (χ2n) is 7.25. The lowest BCUT2D eigenvalue weighted by Crippen LogP contribution is -2.41. The third kappa shape index (κ3) is 2.67. The Hall–Kier alpha value is -1.79. The minimum Gasteiger partial charge on any atom is -0.378 e. The van der Waals surface area contributed by atoms with E-state index in [-0.39, 0.29) is 5.91 Å². The molecule has 5 rings (SSSR count). The zero-order chi connectivity index (χ0) is 17.5. The van der Waals surface area contributed by atoms with Crippen molar-refractivity contribution in [2.75, 3.05) is 26.3 Å². The largest absolute Gasteiger partial charge is 0.378 e. The summed E-state index contributed by atoms with van der Waals surface area (Å²) < 4.78 is 7.60. The first-order chi connectivity index (χ1) is 12.8. The Balaban J connectivity index is 1.62. The van der Waals surface area contributed by atoms with Crippen molar-refractivity contribution in [3.63, 3.8) is 0 Å². The lowest BCUT2D eigenvalue weighted by Gasteiger charge is -2.26. The average molecular weight is 369 g/mol. The Kier molecular flexibility index (Phi) is 4.25. The van der Waals surface area contributed by atoms with Crippen molar-refractivity contribution in [3.8, 4) is 11.3 Å². The maximum absolute atomic E-state index is 13.2. The van der Waals surface area contributed by atoms with E-state index in [9.17, 15) is 4.79 Å². The van der Waals surface area contributed by atoms with Crippen molar-refractivity contribution >= 4 is 17.7 Å². The first-order valence-electron chi connectivity index (χ1n) is 9.53. The summed E-state index contributed by atoms with van der Waals surface area (Å²) in [6.45, 7) is 2.56. The molecule has 0 radical (unpaired) electrons. The summed E-state index contributed by atoms with van der Waals surface area (Å²) in [5, 5.41) is 4.92. The normalized spacial score (nSPS) is 20.1. The fraction of sp³-hybridized carbons (Fsp3) is 0.500. The number of fused-ring (bicyclic) bond motifs is 3. The zero-order valence-electron chi connectivity index (χ0n) is 14.8. The summed E-state index contributed by atoms with van der Waals surface area (Å²) in [7, 11) is 0. The molecule has 26 heavy (non-hydrogen) atoms. The molecule has 2 aliphatic heterocycles. The van der Waals surface area contributed by atoms with Crippen molar-refractivity contribution in [2.45, 2.75) is 42.4 Å². The number of benzene rings is 1. The monoisotopic (exact) mass is 369 g/mol. The van der Waals surface area contributed by atoms with Crippen LogP contribution in [0.15, 0.2) is 29.2 Å². The summed E-state index contributed by atoms with van der Waals surface area (Å²) in [6, 6.07) is 8.96. The minimum atomic E-state index is 0.0706. The zero-order valence-corrected chi connectivity index (χ0v) is 15.6. The summed E-state index contributed by atoms with van der Waals surface area (Å²) in [5.74, 6) is 0.895. The fourth-order valence-corrected chi connectivity index (χ4v) is 5.40. The number of ether oxygens (including phenoxy) is 1. The SMILES string of the molecule is O=C(c1nn(C2CCCC2)c2c1CSc1ccccc1-2)N1CCOCC1. The number of rotatable bonds is 2. The number of amides is 1. The lowest BCUT2D eigenvalue weighted by atomic mass is 10.0. The molecule has 0 atom stereocenters. The molecule has 0 spiro atoms. The van der Waals surface area contributed by atoms with E-state index in [1.165, 1.54) is 29.0 Å². The molecule has 1 aromatic heterocycles. The number of thioether (sulfide) groups is 1.